The van der Waals surface area contributed by atoms with E-state index < -0.39 is 0 Å². The highest BCUT2D eigenvalue weighted by atomic mass is 79.9. The summed E-state index contributed by atoms with van der Waals surface area (Å²) < 4.78 is 2.69. The van der Waals surface area contributed by atoms with Gasteiger partial charge < -0.3 is 10.6 Å². The van der Waals surface area contributed by atoms with Gasteiger partial charge in [0, 0.05) is 23.3 Å². The minimum absolute atomic E-state index is 0.116. The van der Waals surface area contributed by atoms with Crippen molar-refractivity contribution in [3.05, 3.63) is 46.7 Å². The Morgan fingerprint density at radius 3 is 3.09 bits per heavy atom. The Kier molecular flexibility index (Phi) is 4.59. The molecule has 6 heteroatoms. The second kappa shape index (κ2) is 6.62. The maximum atomic E-state index is 12.3. The third-order valence-electron chi connectivity index (χ3n) is 4.04. The van der Waals surface area contributed by atoms with Gasteiger partial charge in [0.05, 0.1) is 5.69 Å². The van der Waals surface area contributed by atoms with Crippen molar-refractivity contribution in [2.45, 2.75) is 19.4 Å². The van der Waals surface area contributed by atoms with Crippen molar-refractivity contribution in [2.24, 2.45) is 5.92 Å². The van der Waals surface area contributed by atoms with E-state index in [4.69, 9.17) is 0 Å². The van der Waals surface area contributed by atoms with Crippen LogP contribution >= 0.6 is 15.9 Å². The van der Waals surface area contributed by atoms with E-state index in [-0.39, 0.29) is 11.9 Å². The minimum atomic E-state index is -0.116. The van der Waals surface area contributed by atoms with E-state index >= 15 is 0 Å². The van der Waals surface area contributed by atoms with Gasteiger partial charge >= 0.3 is 0 Å². The van der Waals surface area contributed by atoms with Crippen LogP contribution in [0.2, 0.25) is 0 Å². The largest absolute Gasteiger partial charge is 0.346 e. The zero-order chi connectivity index (χ0) is 15.5. The van der Waals surface area contributed by atoms with E-state index in [1.165, 1.54) is 0 Å². The summed E-state index contributed by atoms with van der Waals surface area (Å²) in [5.74, 6) is 0.367. The first kappa shape index (κ1) is 15.2. The summed E-state index contributed by atoms with van der Waals surface area (Å²) in [4.78, 5) is 12.3. The molecule has 116 valence electrons. The summed E-state index contributed by atoms with van der Waals surface area (Å²) in [5, 5.41) is 10.8. The quantitative estimate of drug-likeness (QED) is 0.880. The second-order valence-electron chi connectivity index (χ2n) is 5.68. The van der Waals surface area contributed by atoms with Crippen LogP contribution in [0.3, 0.4) is 0 Å². The predicted octanol–water partition coefficient (Wildman–Crippen LogP) is 2.36. The van der Waals surface area contributed by atoms with Crippen molar-refractivity contribution < 1.29 is 4.79 Å². The molecule has 1 fully saturated rings. The normalized spacial score (nSPS) is 21.5. The maximum Gasteiger partial charge on any atom is 0.272 e. The van der Waals surface area contributed by atoms with Gasteiger partial charge in [-0.2, -0.15) is 5.10 Å². The summed E-state index contributed by atoms with van der Waals surface area (Å²) in [7, 11) is 0. The molecule has 1 aliphatic heterocycles. The second-order valence-corrected chi connectivity index (χ2v) is 6.59. The van der Waals surface area contributed by atoms with E-state index in [9.17, 15) is 4.79 Å². The van der Waals surface area contributed by atoms with Gasteiger partial charge in [0.1, 0.15) is 0 Å². The van der Waals surface area contributed by atoms with Gasteiger partial charge in [-0.15, -0.1) is 0 Å². The van der Waals surface area contributed by atoms with Crippen LogP contribution in [0.15, 0.2) is 41.0 Å². The van der Waals surface area contributed by atoms with Gasteiger partial charge in [0.25, 0.3) is 5.91 Å². The van der Waals surface area contributed by atoms with Crippen LogP contribution in [0.5, 0.6) is 0 Å². The fraction of sp³-hybridized carbons (Fsp3) is 0.375. The number of nitrogens with one attached hydrogen (secondary N) is 2. The number of hydrogen-bond donors (Lipinski definition) is 2. The van der Waals surface area contributed by atoms with Crippen molar-refractivity contribution in [1.29, 1.82) is 0 Å². The molecule has 3 rings (SSSR count). The number of carbonyl (C=O) groups is 1. The SMILES string of the molecule is CC1CCNCC1NC(=O)c1ccn(-c2cccc(Br)c2)n1. The van der Waals surface area contributed by atoms with Crippen LogP contribution < -0.4 is 10.6 Å². The highest BCUT2D eigenvalue weighted by Gasteiger charge is 2.23. The Morgan fingerprint density at radius 2 is 2.32 bits per heavy atom. The molecule has 0 bridgehead atoms. The molecule has 0 radical (unpaired) electrons. The molecule has 2 N–H and O–H groups in total. The molecule has 1 aromatic heterocycles. The van der Waals surface area contributed by atoms with Crippen LogP contribution in [0.4, 0.5) is 0 Å². The molecule has 1 saturated heterocycles. The lowest BCUT2D eigenvalue weighted by atomic mass is 9.95. The fourth-order valence-corrected chi connectivity index (χ4v) is 3.02. The molecule has 0 spiro atoms. The molecule has 1 amide bonds. The average Bonchev–Trinajstić information content (AvgIpc) is 2.99. The first-order valence-electron chi connectivity index (χ1n) is 7.46. The molecule has 1 aliphatic rings. The van der Waals surface area contributed by atoms with Crippen molar-refractivity contribution in [2.75, 3.05) is 13.1 Å². The number of benzene rings is 1. The lowest BCUT2D eigenvalue weighted by Crippen LogP contribution is -2.50. The van der Waals surface area contributed by atoms with Crippen molar-refractivity contribution in [1.82, 2.24) is 20.4 Å². The molecule has 2 aromatic rings. The average molecular weight is 363 g/mol. The minimum Gasteiger partial charge on any atom is -0.346 e. The van der Waals surface area contributed by atoms with Gasteiger partial charge in [0.2, 0.25) is 0 Å². The fourth-order valence-electron chi connectivity index (χ4n) is 2.63. The van der Waals surface area contributed by atoms with Gasteiger partial charge in [0.15, 0.2) is 5.69 Å². The standard InChI is InChI=1S/C16H19BrN4O/c1-11-5-7-18-10-15(11)19-16(22)14-6-8-21(20-14)13-4-2-3-12(17)9-13/h2-4,6,8-9,11,15,18H,5,7,10H2,1H3,(H,19,22). The Hall–Kier alpha value is -1.66. The smallest absolute Gasteiger partial charge is 0.272 e. The summed E-state index contributed by atoms with van der Waals surface area (Å²) in [5.41, 5.74) is 1.36. The zero-order valence-corrected chi connectivity index (χ0v) is 14.0. The molecular weight excluding hydrogens is 344 g/mol. The molecule has 2 heterocycles. The molecule has 0 aliphatic carbocycles. The lowest BCUT2D eigenvalue weighted by Gasteiger charge is -2.29. The number of amides is 1. The Labute approximate surface area is 138 Å². The van der Waals surface area contributed by atoms with Gasteiger partial charge in [-0.1, -0.05) is 28.9 Å². The number of hydrogen-bond acceptors (Lipinski definition) is 3. The highest BCUT2D eigenvalue weighted by molar-refractivity contribution is 9.10. The predicted molar refractivity (Wildman–Crippen MR) is 89.2 cm³/mol. The number of rotatable bonds is 3. The summed E-state index contributed by atoms with van der Waals surface area (Å²) in [6, 6.07) is 9.72. The summed E-state index contributed by atoms with van der Waals surface area (Å²) >= 11 is 3.44. The van der Waals surface area contributed by atoms with Crippen LogP contribution in [0.1, 0.15) is 23.8 Å². The zero-order valence-electron chi connectivity index (χ0n) is 12.4. The van der Waals surface area contributed by atoms with Crippen molar-refractivity contribution in [3.63, 3.8) is 0 Å². The third-order valence-corrected chi connectivity index (χ3v) is 4.53. The molecule has 2 unspecified atom stereocenters. The Morgan fingerprint density at radius 1 is 1.45 bits per heavy atom. The number of halogens is 1. The Bertz CT molecular complexity index is 670. The lowest BCUT2D eigenvalue weighted by molar-refractivity contribution is 0.0909. The van der Waals surface area contributed by atoms with Gasteiger partial charge in [-0.25, -0.2) is 4.68 Å². The van der Waals surface area contributed by atoms with Crippen molar-refractivity contribution >= 4 is 21.8 Å². The van der Waals surface area contributed by atoms with E-state index in [1.54, 1.807) is 16.9 Å². The van der Waals surface area contributed by atoms with Crippen LogP contribution in [0.25, 0.3) is 5.69 Å². The van der Waals surface area contributed by atoms with E-state index in [0.29, 0.717) is 11.6 Å². The highest BCUT2D eigenvalue weighted by Crippen LogP contribution is 2.15. The first-order chi connectivity index (χ1) is 10.6. The van der Waals surface area contributed by atoms with Crippen molar-refractivity contribution in [3.8, 4) is 5.69 Å². The number of aromatic nitrogens is 2. The summed E-state index contributed by atoms with van der Waals surface area (Å²) in [6.07, 6.45) is 2.89. The topological polar surface area (TPSA) is 58.9 Å². The van der Waals surface area contributed by atoms with Gasteiger partial charge in [-0.3, -0.25) is 4.79 Å². The number of carbonyl (C=O) groups excluding carboxylic acids is 1. The first-order valence-corrected chi connectivity index (χ1v) is 8.26. The Balaban J connectivity index is 1.71. The van der Waals surface area contributed by atoms with E-state index in [2.05, 4.69) is 38.6 Å². The van der Waals surface area contributed by atoms with Crippen LogP contribution in [-0.4, -0.2) is 34.8 Å². The molecule has 1 aromatic carbocycles. The van der Waals surface area contributed by atoms with E-state index in [0.717, 1.165) is 29.7 Å². The number of nitrogens with zero attached hydrogens (tertiary/aromatic N) is 2. The third kappa shape index (κ3) is 3.39. The number of piperidine rings is 1. The molecular formula is C16H19BrN4O. The van der Waals surface area contributed by atoms with E-state index in [1.807, 2.05) is 24.3 Å². The monoisotopic (exact) mass is 362 g/mol. The molecule has 2 atom stereocenters. The van der Waals surface area contributed by atoms with Crippen LogP contribution in [-0.2, 0) is 0 Å². The van der Waals surface area contributed by atoms with Gasteiger partial charge in [-0.05, 0) is 43.1 Å². The van der Waals surface area contributed by atoms with Crippen LogP contribution in [0, 0.1) is 5.92 Å². The molecule has 0 saturated carbocycles. The maximum absolute atomic E-state index is 12.3. The summed E-state index contributed by atoms with van der Waals surface area (Å²) in [6.45, 7) is 4.01. The molecule has 5 nitrogen and oxygen atoms in total. The molecule has 22 heavy (non-hydrogen) atoms.